The van der Waals surface area contributed by atoms with Gasteiger partial charge in [-0.05, 0) is 31.9 Å². The Labute approximate surface area is 79.7 Å². The van der Waals surface area contributed by atoms with Gasteiger partial charge in [0.1, 0.15) is 0 Å². The van der Waals surface area contributed by atoms with E-state index in [1.165, 1.54) is 16.7 Å². The van der Waals surface area contributed by atoms with E-state index in [2.05, 4.69) is 43.2 Å². The summed E-state index contributed by atoms with van der Waals surface area (Å²) in [5.41, 5.74) is 4.99. The standard InChI is InChI=1S/C11H16N2/c1-8-5-9(2)11(10(3)6-8)13-7-12-4/h5-7H,1-4H3,(H,12,13). The van der Waals surface area contributed by atoms with Crippen molar-refractivity contribution >= 4 is 12.0 Å². The van der Waals surface area contributed by atoms with Gasteiger partial charge in [0.2, 0.25) is 0 Å². The zero-order valence-electron chi connectivity index (χ0n) is 8.68. The van der Waals surface area contributed by atoms with Crippen molar-refractivity contribution in [3.8, 4) is 0 Å². The highest BCUT2D eigenvalue weighted by atomic mass is 14.9. The van der Waals surface area contributed by atoms with Crippen LogP contribution in [0.5, 0.6) is 0 Å². The molecule has 13 heavy (non-hydrogen) atoms. The zero-order valence-corrected chi connectivity index (χ0v) is 8.68. The van der Waals surface area contributed by atoms with Crippen LogP contribution in [0.15, 0.2) is 17.1 Å². The number of aryl methyl sites for hydroxylation is 3. The van der Waals surface area contributed by atoms with Crippen LogP contribution >= 0.6 is 0 Å². The maximum Gasteiger partial charge on any atom is 0.0864 e. The summed E-state index contributed by atoms with van der Waals surface area (Å²) in [5.74, 6) is 0. The molecule has 0 aliphatic rings. The van der Waals surface area contributed by atoms with E-state index in [9.17, 15) is 0 Å². The van der Waals surface area contributed by atoms with Crippen molar-refractivity contribution < 1.29 is 0 Å². The summed E-state index contributed by atoms with van der Waals surface area (Å²) in [6, 6.07) is 4.33. The minimum Gasteiger partial charge on any atom is -0.346 e. The smallest absolute Gasteiger partial charge is 0.0864 e. The van der Waals surface area contributed by atoms with Gasteiger partial charge in [0.15, 0.2) is 0 Å². The Bertz CT molecular complexity index is 304. The third kappa shape index (κ3) is 2.31. The average Bonchev–Trinajstić information content (AvgIpc) is 2.02. The molecule has 1 N–H and O–H groups in total. The molecule has 0 radical (unpaired) electrons. The molecular formula is C11H16N2. The summed E-state index contributed by atoms with van der Waals surface area (Å²) < 4.78 is 0. The van der Waals surface area contributed by atoms with E-state index in [0.29, 0.717) is 0 Å². The first-order valence-electron chi connectivity index (χ1n) is 4.40. The monoisotopic (exact) mass is 176 g/mol. The molecule has 2 heteroatoms. The van der Waals surface area contributed by atoms with E-state index in [-0.39, 0.29) is 0 Å². The van der Waals surface area contributed by atoms with E-state index in [1.54, 1.807) is 13.4 Å². The molecule has 0 saturated heterocycles. The van der Waals surface area contributed by atoms with Crippen molar-refractivity contribution in [3.63, 3.8) is 0 Å². The number of rotatable bonds is 2. The molecule has 0 unspecified atom stereocenters. The molecule has 0 aliphatic heterocycles. The molecule has 1 rings (SSSR count). The van der Waals surface area contributed by atoms with Gasteiger partial charge in [-0.1, -0.05) is 17.7 Å². The molecule has 0 fully saturated rings. The van der Waals surface area contributed by atoms with Crippen molar-refractivity contribution in [3.05, 3.63) is 28.8 Å². The van der Waals surface area contributed by atoms with Crippen LogP contribution in [-0.2, 0) is 0 Å². The van der Waals surface area contributed by atoms with Gasteiger partial charge in [-0.15, -0.1) is 0 Å². The summed E-state index contributed by atoms with van der Waals surface area (Å²) in [7, 11) is 1.76. The molecule has 70 valence electrons. The van der Waals surface area contributed by atoms with Crippen LogP contribution in [-0.4, -0.2) is 13.4 Å². The Morgan fingerprint density at radius 3 is 2.15 bits per heavy atom. The lowest BCUT2D eigenvalue weighted by molar-refractivity contribution is 1.32. The first-order valence-corrected chi connectivity index (χ1v) is 4.40. The highest BCUT2D eigenvalue weighted by Gasteiger charge is 2.00. The first-order chi connectivity index (χ1) is 6.15. The van der Waals surface area contributed by atoms with Crippen LogP contribution in [0.4, 0.5) is 5.69 Å². The van der Waals surface area contributed by atoms with Gasteiger partial charge in [-0.3, -0.25) is 4.99 Å². The average molecular weight is 176 g/mol. The second-order valence-electron chi connectivity index (χ2n) is 3.31. The number of nitrogens with one attached hydrogen (secondary N) is 1. The molecule has 0 amide bonds. The number of anilines is 1. The minimum absolute atomic E-state index is 1.16. The number of benzene rings is 1. The van der Waals surface area contributed by atoms with Crippen molar-refractivity contribution in [2.75, 3.05) is 12.4 Å². The second kappa shape index (κ2) is 4.08. The highest BCUT2D eigenvalue weighted by Crippen LogP contribution is 2.20. The summed E-state index contributed by atoms with van der Waals surface area (Å²) in [5, 5.41) is 3.17. The maximum atomic E-state index is 3.90. The third-order valence-electron chi connectivity index (χ3n) is 2.02. The molecule has 0 heterocycles. The molecule has 1 aromatic carbocycles. The van der Waals surface area contributed by atoms with Gasteiger partial charge in [-0.2, -0.15) is 0 Å². The van der Waals surface area contributed by atoms with E-state index in [1.807, 2.05) is 0 Å². The molecule has 0 bridgehead atoms. The van der Waals surface area contributed by atoms with Gasteiger partial charge in [-0.25, -0.2) is 0 Å². The topological polar surface area (TPSA) is 24.4 Å². The number of hydrogen-bond donors (Lipinski definition) is 1. The Balaban J connectivity index is 3.05. The highest BCUT2D eigenvalue weighted by molar-refractivity contribution is 5.79. The SMILES string of the molecule is CN=CNc1c(C)cc(C)cc1C. The van der Waals surface area contributed by atoms with Crippen LogP contribution in [0.1, 0.15) is 16.7 Å². The molecule has 0 atom stereocenters. The van der Waals surface area contributed by atoms with Gasteiger partial charge in [0, 0.05) is 12.7 Å². The lowest BCUT2D eigenvalue weighted by Gasteiger charge is -2.09. The lowest BCUT2D eigenvalue weighted by atomic mass is 10.1. The maximum absolute atomic E-state index is 3.90. The predicted molar refractivity (Wildman–Crippen MR) is 58.7 cm³/mol. The molecule has 1 aromatic rings. The van der Waals surface area contributed by atoms with E-state index in [0.717, 1.165) is 5.69 Å². The Morgan fingerprint density at radius 1 is 1.15 bits per heavy atom. The van der Waals surface area contributed by atoms with Crippen LogP contribution in [0.25, 0.3) is 0 Å². The fourth-order valence-electron chi connectivity index (χ4n) is 1.54. The quantitative estimate of drug-likeness (QED) is 0.543. The third-order valence-corrected chi connectivity index (χ3v) is 2.02. The largest absolute Gasteiger partial charge is 0.346 e. The van der Waals surface area contributed by atoms with Crippen molar-refractivity contribution in [1.29, 1.82) is 0 Å². The van der Waals surface area contributed by atoms with Crippen molar-refractivity contribution in [2.45, 2.75) is 20.8 Å². The lowest BCUT2D eigenvalue weighted by Crippen LogP contribution is -1.99. The molecular weight excluding hydrogens is 160 g/mol. The molecule has 0 aliphatic carbocycles. The summed E-state index contributed by atoms with van der Waals surface area (Å²) >= 11 is 0. The van der Waals surface area contributed by atoms with Crippen LogP contribution in [0.3, 0.4) is 0 Å². The molecule has 0 saturated carbocycles. The van der Waals surface area contributed by atoms with Gasteiger partial charge < -0.3 is 5.32 Å². The van der Waals surface area contributed by atoms with Crippen LogP contribution in [0.2, 0.25) is 0 Å². The van der Waals surface area contributed by atoms with Gasteiger partial charge in [0.25, 0.3) is 0 Å². The van der Waals surface area contributed by atoms with Crippen LogP contribution < -0.4 is 5.32 Å². The van der Waals surface area contributed by atoms with Gasteiger partial charge >= 0.3 is 0 Å². The Morgan fingerprint density at radius 2 is 1.69 bits per heavy atom. The first kappa shape index (κ1) is 9.78. The van der Waals surface area contributed by atoms with E-state index >= 15 is 0 Å². The van der Waals surface area contributed by atoms with Crippen molar-refractivity contribution in [1.82, 2.24) is 0 Å². The fraction of sp³-hybridized carbons (Fsp3) is 0.364. The zero-order chi connectivity index (χ0) is 9.84. The normalized spacial score (nSPS) is 10.8. The van der Waals surface area contributed by atoms with Gasteiger partial charge in [0.05, 0.1) is 6.34 Å². The Hall–Kier alpha value is -1.31. The second-order valence-corrected chi connectivity index (χ2v) is 3.31. The van der Waals surface area contributed by atoms with E-state index in [4.69, 9.17) is 0 Å². The predicted octanol–water partition coefficient (Wildman–Crippen LogP) is 2.68. The summed E-state index contributed by atoms with van der Waals surface area (Å²) in [6.07, 6.45) is 1.71. The molecule has 2 nitrogen and oxygen atoms in total. The van der Waals surface area contributed by atoms with Crippen LogP contribution in [0, 0.1) is 20.8 Å². The molecule has 0 spiro atoms. The molecule has 0 aromatic heterocycles. The number of aliphatic imine (C=N–C) groups is 1. The summed E-state index contributed by atoms with van der Waals surface area (Å²) in [6.45, 7) is 6.31. The number of hydrogen-bond acceptors (Lipinski definition) is 1. The number of nitrogens with zero attached hydrogens (tertiary/aromatic N) is 1. The summed E-state index contributed by atoms with van der Waals surface area (Å²) in [4.78, 5) is 3.90. The fourth-order valence-corrected chi connectivity index (χ4v) is 1.54. The Kier molecular flexibility index (Phi) is 3.07. The minimum atomic E-state index is 1.16. The van der Waals surface area contributed by atoms with Crippen molar-refractivity contribution in [2.24, 2.45) is 4.99 Å². The van der Waals surface area contributed by atoms with E-state index < -0.39 is 0 Å².